The number of carbonyl (C=O) groups is 2. The minimum Gasteiger partial charge on any atom is -0.507 e. The van der Waals surface area contributed by atoms with Gasteiger partial charge in [0.2, 0.25) is 0 Å². The highest BCUT2D eigenvalue weighted by Gasteiger charge is 2.47. The summed E-state index contributed by atoms with van der Waals surface area (Å²) in [4.78, 5) is 27.9. The first kappa shape index (κ1) is 26.3. The van der Waals surface area contributed by atoms with E-state index >= 15 is 0 Å². The Morgan fingerprint density at radius 1 is 1.06 bits per heavy atom. The van der Waals surface area contributed by atoms with Crippen LogP contribution in [0, 0.1) is 0 Å². The van der Waals surface area contributed by atoms with Gasteiger partial charge in [-0.05, 0) is 43.5 Å². The van der Waals surface area contributed by atoms with Gasteiger partial charge < -0.3 is 24.2 Å². The van der Waals surface area contributed by atoms with E-state index in [2.05, 4.69) is 0 Å². The van der Waals surface area contributed by atoms with Crippen LogP contribution >= 0.6 is 0 Å². The van der Waals surface area contributed by atoms with E-state index in [1.54, 1.807) is 25.3 Å². The third-order valence-electron chi connectivity index (χ3n) is 5.93. The van der Waals surface area contributed by atoms with E-state index in [0.29, 0.717) is 22.6 Å². The Hall–Kier alpha value is -3.32. The maximum Gasteiger partial charge on any atom is 0.295 e. The summed E-state index contributed by atoms with van der Waals surface area (Å²) in [5.41, 5.74) is 1.69. The fraction of sp³-hybridized carbons (Fsp3) is 0.429. The minimum absolute atomic E-state index is 0.0240. The average molecular weight is 482 g/mol. The van der Waals surface area contributed by atoms with Gasteiger partial charge in [0.25, 0.3) is 11.7 Å². The van der Waals surface area contributed by atoms with Crippen molar-refractivity contribution in [2.24, 2.45) is 0 Å². The molecule has 1 aliphatic rings. The zero-order valence-corrected chi connectivity index (χ0v) is 21.5. The van der Waals surface area contributed by atoms with E-state index in [0.717, 1.165) is 5.56 Å². The van der Waals surface area contributed by atoms with Crippen LogP contribution in [0.15, 0.2) is 48.0 Å². The van der Waals surface area contributed by atoms with Crippen molar-refractivity contribution in [3.8, 4) is 11.5 Å². The lowest BCUT2D eigenvalue weighted by atomic mass is 9.84. The fourth-order valence-corrected chi connectivity index (χ4v) is 4.29. The van der Waals surface area contributed by atoms with Gasteiger partial charge in [-0.2, -0.15) is 0 Å². The number of para-hydroxylation sites is 1. The van der Waals surface area contributed by atoms with Crippen molar-refractivity contribution in [3.05, 3.63) is 64.7 Å². The summed E-state index contributed by atoms with van der Waals surface area (Å²) in [6.45, 7) is 10.4. The lowest BCUT2D eigenvalue weighted by Crippen LogP contribution is -2.33. The first-order valence-electron chi connectivity index (χ1n) is 11.7. The molecule has 0 radical (unpaired) electrons. The molecule has 1 unspecified atom stereocenters. The quantitative estimate of drug-likeness (QED) is 0.330. The van der Waals surface area contributed by atoms with Crippen LogP contribution in [0.5, 0.6) is 11.5 Å². The van der Waals surface area contributed by atoms with Gasteiger partial charge in [0.15, 0.2) is 0 Å². The maximum atomic E-state index is 13.3. The van der Waals surface area contributed by atoms with E-state index in [9.17, 15) is 14.7 Å². The summed E-state index contributed by atoms with van der Waals surface area (Å²) in [5, 5.41) is 11.5. The second-order valence-electron chi connectivity index (χ2n) is 9.85. The first-order chi connectivity index (χ1) is 16.5. The van der Waals surface area contributed by atoms with Gasteiger partial charge in [0.1, 0.15) is 17.3 Å². The summed E-state index contributed by atoms with van der Waals surface area (Å²) >= 11 is 0. The second kappa shape index (κ2) is 10.5. The Bertz CT molecular complexity index is 1130. The standard InChI is InChI=1S/C28H35NO6/c1-17(2)35-21-11-9-8-10-19(21)24-23(26(31)27(32)29(24)14-15-33-6)25(30)18-12-13-22(34-7)20(16-18)28(3,4)5/h8-13,16-17,24,30H,14-15H2,1-7H3/b25-23+. The summed E-state index contributed by atoms with van der Waals surface area (Å²) in [7, 11) is 3.13. The number of methoxy groups -OCH3 is 2. The summed E-state index contributed by atoms with van der Waals surface area (Å²) in [5.74, 6) is -0.427. The molecule has 7 heteroatoms. The number of ether oxygens (including phenoxy) is 3. The van der Waals surface area contributed by atoms with Gasteiger partial charge in [0, 0.05) is 30.3 Å². The molecule has 0 aromatic heterocycles. The number of ketones is 1. The Labute approximate surface area is 207 Å². The SMILES string of the molecule is COCCN1C(=O)C(=O)/C(=C(/O)c2ccc(OC)c(C(C)(C)C)c2)C1c1ccccc1OC(C)C. The van der Waals surface area contributed by atoms with Crippen molar-refractivity contribution in [1.82, 2.24) is 4.90 Å². The van der Waals surface area contributed by atoms with Gasteiger partial charge in [-0.15, -0.1) is 0 Å². The average Bonchev–Trinajstić information content (AvgIpc) is 3.06. The number of rotatable bonds is 8. The normalized spacial score (nSPS) is 17.8. The number of carbonyl (C=O) groups excluding carboxylic acids is 2. The van der Waals surface area contributed by atoms with Gasteiger partial charge in [0.05, 0.1) is 31.4 Å². The summed E-state index contributed by atoms with van der Waals surface area (Å²) in [6.07, 6.45) is -0.117. The number of hydrogen-bond acceptors (Lipinski definition) is 6. The van der Waals surface area contributed by atoms with E-state index in [4.69, 9.17) is 14.2 Å². The molecule has 2 aromatic rings. The van der Waals surface area contributed by atoms with Crippen LogP contribution in [-0.4, -0.2) is 55.2 Å². The zero-order chi connectivity index (χ0) is 25.9. The molecule has 1 atom stereocenters. The van der Waals surface area contributed by atoms with Gasteiger partial charge >= 0.3 is 0 Å². The number of amides is 1. The van der Waals surface area contributed by atoms with Gasteiger partial charge in [-0.25, -0.2) is 0 Å². The second-order valence-corrected chi connectivity index (χ2v) is 9.85. The van der Waals surface area contributed by atoms with Crippen molar-refractivity contribution < 1.29 is 28.9 Å². The number of nitrogens with zero attached hydrogens (tertiary/aromatic N) is 1. The van der Waals surface area contributed by atoms with Crippen molar-refractivity contribution in [1.29, 1.82) is 0 Å². The largest absolute Gasteiger partial charge is 0.507 e. The molecule has 2 aromatic carbocycles. The van der Waals surface area contributed by atoms with Crippen LogP contribution in [0.2, 0.25) is 0 Å². The number of aliphatic hydroxyl groups excluding tert-OH is 1. The molecule has 1 aliphatic heterocycles. The van der Waals surface area contributed by atoms with Crippen LogP contribution in [-0.2, 0) is 19.7 Å². The van der Waals surface area contributed by atoms with Crippen LogP contribution in [0.3, 0.4) is 0 Å². The molecule has 188 valence electrons. The summed E-state index contributed by atoms with van der Waals surface area (Å²) < 4.78 is 16.7. The molecule has 0 saturated carbocycles. The molecule has 35 heavy (non-hydrogen) atoms. The number of benzene rings is 2. The molecule has 7 nitrogen and oxygen atoms in total. The molecule has 1 saturated heterocycles. The monoisotopic (exact) mass is 481 g/mol. The van der Waals surface area contributed by atoms with E-state index in [1.807, 2.05) is 58.9 Å². The first-order valence-corrected chi connectivity index (χ1v) is 11.7. The van der Waals surface area contributed by atoms with E-state index in [-0.39, 0.29) is 36.0 Å². The van der Waals surface area contributed by atoms with Crippen molar-refractivity contribution in [2.45, 2.75) is 52.2 Å². The van der Waals surface area contributed by atoms with Crippen LogP contribution in [0.1, 0.15) is 57.4 Å². The predicted molar refractivity (Wildman–Crippen MR) is 135 cm³/mol. The predicted octanol–water partition coefficient (Wildman–Crippen LogP) is 4.85. The molecular formula is C28H35NO6. The summed E-state index contributed by atoms with van der Waals surface area (Å²) in [6, 6.07) is 11.7. The lowest BCUT2D eigenvalue weighted by molar-refractivity contribution is -0.140. The zero-order valence-electron chi connectivity index (χ0n) is 21.5. The number of hydrogen-bond donors (Lipinski definition) is 1. The molecule has 1 fully saturated rings. The number of likely N-dealkylation sites (tertiary alicyclic amines) is 1. The highest BCUT2D eigenvalue weighted by Crippen LogP contribution is 2.43. The Morgan fingerprint density at radius 2 is 1.74 bits per heavy atom. The van der Waals surface area contributed by atoms with E-state index in [1.165, 1.54) is 12.0 Å². The van der Waals surface area contributed by atoms with Crippen molar-refractivity contribution in [2.75, 3.05) is 27.4 Å². The highest BCUT2D eigenvalue weighted by molar-refractivity contribution is 6.46. The topological polar surface area (TPSA) is 85.3 Å². The third kappa shape index (κ3) is 5.35. The Morgan fingerprint density at radius 3 is 2.34 bits per heavy atom. The third-order valence-corrected chi connectivity index (χ3v) is 5.93. The van der Waals surface area contributed by atoms with Gasteiger partial charge in [-0.1, -0.05) is 39.0 Å². The van der Waals surface area contributed by atoms with Crippen LogP contribution in [0.25, 0.3) is 5.76 Å². The molecule has 0 aliphatic carbocycles. The molecule has 1 amide bonds. The number of Topliss-reactive ketones (excluding diaryl/α,β-unsaturated/α-hetero) is 1. The van der Waals surface area contributed by atoms with Gasteiger partial charge in [-0.3, -0.25) is 9.59 Å². The molecule has 3 rings (SSSR count). The molecule has 1 N–H and O–H groups in total. The smallest absolute Gasteiger partial charge is 0.295 e. The molecule has 0 bridgehead atoms. The minimum atomic E-state index is -0.819. The van der Waals surface area contributed by atoms with Crippen LogP contribution < -0.4 is 9.47 Å². The molecular weight excluding hydrogens is 446 g/mol. The molecule has 0 spiro atoms. The lowest BCUT2D eigenvalue weighted by Gasteiger charge is -2.27. The van der Waals surface area contributed by atoms with Crippen molar-refractivity contribution >= 4 is 17.4 Å². The van der Waals surface area contributed by atoms with E-state index < -0.39 is 17.7 Å². The maximum absolute atomic E-state index is 13.3. The Balaban J connectivity index is 2.25. The highest BCUT2D eigenvalue weighted by atomic mass is 16.5. The van der Waals surface area contributed by atoms with Crippen molar-refractivity contribution in [3.63, 3.8) is 0 Å². The molecule has 1 heterocycles. The number of aliphatic hydroxyl groups is 1. The van der Waals surface area contributed by atoms with Crippen LogP contribution in [0.4, 0.5) is 0 Å². The fourth-order valence-electron chi connectivity index (χ4n) is 4.29. The Kier molecular flexibility index (Phi) is 7.90.